The van der Waals surface area contributed by atoms with Gasteiger partial charge in [-0.1, -0.05) is 41.9 Å². The van der Waals surface area contributed by atoms with Crippen molar-refractivity contribution >= 4 is 17.5 Å². The molecule has 0 saturated carbocycles. The number of amides is 1. The van der Waals surface area contributed by atoms with Gasteiger partial charge in [-0.2, -0.15) is 0 Å². The molecule has 1 aliphatic rings. The Hall–Kier alpha value is -2.70. The van der Waals surface area contributed by atoms with Gasteiger partial charge in [-0.25, -0.2) is 0 Å². The van der Waals surface area contributed by atoms with Crippen molar-refractivity contribution in [3.8, 4) is 11.5 Å². The van der Waals surface area contributed by atoms with Gasteiger partial charge in [0.1, 0.15) is 0 Å². The average molecular weight is 425 g/mol. The van der Waals surface area contributed by atoms with Crippen LogP contribution in [0.5, 0.6) is 0 Å². The van der Waals surface area contributed by atoms with Gasteiger partial charge in [0.2, 0.25) is 17.7 Å². The second-order valence-electron chi connectivity index (χ2n) is 8.07. The lowest BCUT2D eigenvalue weighted by Crippen LogP contribution is -2.52. The van der Waals surface area contributed by atoms with Gasteiger partial charge in [-0.15, -0.1) is 10.2 Å². The van der Waals surface area contributed by atoms with Crippen LogP contribution in [0.1, 0.15) is 25.3 Å². The number of piperazine rings is 1. The summed E-state index contributed by atoms with van der Waals surface area (Å²) in [6, 6.07) is 17.3. The maximum atomic E-state index is 13.1. The quantitative estimate of drug-likeness (QED) is 0.619. The van der Waals surface area contributed by atoms with Crippen LogP contribution in [-0.2, 0) is 16.8 Å². The van der Waals surface area contributed by atoms with Gasteiger partial charge in [0.25, 0.3) is 0 Å². The number of carbonyl (C=O) groups excluding carboxylic acids is 1. The third-order valence-corrected chi connectivity index (χ3v) is 5.86. The molecule has 0 spiro atoms. The molecule has 0 unspecified atom stereocenters. The zero-order valence-electron chi connectivity index (χ0n) is 17.2. The van der Waals surface area contributed by atoms with E-state index in [1.165, 1.54) is 0 Å². The first kappa shape index (κ1) is 20.6. The first-order valence-electron chi connectivity index (χ1n) is 10.1. The van der Waals surface area contributed by atoms with Crippen molar-refractivity contribution in [3.05, 3.63) is 71.1 Å². The van der Waals surface area contributed by atoms with Crippen molar-refractivity contribution < 1.29 is 9.21 Å². The summed E-state index contributed by atoms with van der Waals surface area (Å²) in [5.74, 6) is 1.22. The molecule has 0 aliphatic carbocycles. The van der Waals surface area contributed by atoms with Crippen LogP contribution < -0.4 is 0 Å². The number of rotatable bonds is 5. The van der Waals surface area contributed by atoms with Gasteiger partial charge in [0.05, 0.1) is 12.0 Å². The van der Waals surface area contributed by atoms with Crippen molar-refractivity contribution in [3.63, 3.8) is 0 Å². The average Bonchev–Trinajstić information content (AvgIpc) is 3.23. The van der Waals surface area contributed by atoms with E-state index in [4.69, 9.17) is 16.0 Å². The zero-order chi connectivity index (χ0) is 21.1. The van der Waals surface area contributed by atoms with Crippen LogP contribution in [-0.4, -0.2) is 52.1 Å². The van der Waals surface area contributed by atoms with Gasteiger partial charge in [-0.3, -0.25) is 9.69 Å². The summed E-state index contributed by atoms with van der Waals surface area (Å²) in [5.41, 5.74) is 1.35. The largest absolute Gasteiger partial charge is 0.419 e. The molecule has 1 saturated heterocycles. The van der Waals surface area contributed by atoms with E-state index in [0.717, 1.165) is 24.2 Å². The van der Waals surface area contributed by atoms with Crippen LogP contribution in [0.15, 0.2) is 59.0 Å². The highest BCUT2D eigenvalue weighted by atomic mass is 35.5. The number of nitrogens with zero attached hydrogens (tertiary/aromatic N) is 4. The lowest BCUT2D eigenvalue weighted by molar-refractivity contribution is -0.138. The fraction of sp³-hybridized carbons (Fsp3) is 0.348. The van der Waals surface area contributed by atoms with Crippen LogP contribution >= 0.6 is 11.6 Å². The number of halogens is 1. The maximum absolute atomic E-state index is 13.1. The smallest absolute Gasteiger partial charge is 0.247 e. The van der Waals surface area contributed by atoms with Gasteiger partial charge in [0.15, 0.2) is 0 Å². The molecule has 30 heavy (non-hydrogen) atoms. The molecule has 1 aliphatic heterocycles. The number of hydrogen-bond donors (Lipinski definition) is 0. The molecule has 156 valence electrons. The molecular formula is C23H25ClN4O2. The van der Waals surface area contributed by atoms with E-state index in [2.05, 4.69) is 15.1 Å². The Balaban J connectivity index is 1.34. The molecule has 2 heterocycles. The topological polar surface area (TPSA) is 62.5 Å². The predicted octanol–water partition coefficient (Wildman–Crippen LogP) is 4.01. The molecule has 1 fully saturated rings. The van der Waals surface area contributed by atoms with Crippen molar-refractivity contribution in [2.75, 3.05) is 26.2 Å². The molecule has 0 N–H and O–H groups in total. The third kappa shape index (κ3) is 4.40. The van der Waals surface area contributed by atoms with E-state index in [1.54, 1.807) is 12.1 Å². The summed E-state index contributed by atoms with van der Waals surface area (Å²) < 4.78 is 5.81. The van der Waals surface area contributed by atoms with Crippen LogP contribution in [0, 0.1) is 0 Å². The highest BCUT2D eigenvalue weighted by Gasteiger charge is 2.35. The second-order valence-corrected chi connectivity index (χ2v) is 8.50. The van der Waals surface area contributed by atoms with Crippen LogP contribution in [0.25, 0.3) is 11.5 Å². The molecule has 3 aromatic rings. The van der Waals surface area contributed by atoms with Gasteiger partial charge in [0, 0.05) is 36.8 Å². The van der Waals surface area contributed by atoms with Crippen molar-refractivity contribution in [2.24, 2.45) is 0 Å². The zero-order valence-corrected chi connectivity index (χ0v) is 18.0. The van der Waals surface area contributed by atoms with E-state index < -0.39 is 5.41 Å². The Morgan fingerprint density at radius 1 is 1.00 bits per heavy atom. The van der Waals surface area contributed by atoms with E-state index >= 15 is 0 Å². The highest BCUT2D eigenvalue weighted by Crippen LogP contribution is 2.26. The van der Waals surface area contributed by atoms with Crippen LogP contribution in [0.2, 0.25) is 5.02 Å². The molecule has 0 bridgehead atoms. The van der Waals surface area contributed by atoms with Gasteiger partial charge in [-0.05, 0) is 43.7 Å². The Morgan fingerprint density at radius 2 is 1.67 bits per heavy atom. The van der Waals surface area contributed by atoms with E-state index in [0.29, 0.717) is 36.4 Å². The highest BCUT2D eigenvalue weighted by molar-refractivity contribution is 6.30. The SMILES string of the molecule is CC(C)(C(=O)N1CCN(Cc2nnc(-c3ccc(Cl)cc3)o2)CC1)c1ccccc1. The summed E-state index contributed by atoms with van der Waals surface area (Å²) in [7, 11) is 0. The Labute approximate surface area is 181 Å². The Morgan fingerprint density at radius 3 is 2.33 bits per heavy atom. The van der Waals surface area contributed by atoms with Crippen molar-refractivity contribution in [1.82, 2.24) is 20.0 Å². The number of carbonyl (C=O) groups is 1. The maximum Gasteiger partial charge on any atom is 0.247 e. The lowest BCUT2D eigenvalue weighted by Gasteiger charge is -2.38. The summed E-state index contributed by atoms with van der Waals surface area (Å²) in [6.07, 6.45) is 0. The summed E-state index contributed by atoms with van der Waals surface area (Å²) in [4.78, 5) is 17.3. The molecule has 7 heteroatoms. The van der Waals surface area contributed by atoms with Gasteiger partial charge < -0.3 is 9.32 Å². The third-order valence-electron chi connectivity index (χ3n) is 5.61. The normalized spacial score (nSPS) is 15.4. The number of aromatic nitrogens is 2. The van der Waals surface area contributed by atoms with E-state index in [-0.39, 0.29) is 5.91 Å². The summed E-state index contributed by atoms with van der Waals surface area (Å²) in [6.45, 7) is 7.48. The molecular weight excluding hydrogens is 400 g/mol. The Bertz CT molecular complexity index is 994. The standard InChI is InChI=1S/C23H25ClN4O2/c1-23(2,18-6-4-3-5-7-18)22(29)28-14-12-27(13-15-28)16-20-25-26-21(30-20)17-8-10-19(24)11-9-17/h3-11H,12-16H2,1-2H3. The lowest BCUT2D eigenvalue weighted by atomic mass is 9.83. The van der Waals surface area contributed by atoms with Crippen LogP contribution in [0.4, 0.5) is 0 Å². The van der Waals surface area contributed by atoms with Crippen molar-refractivity contribution in [1.29, 1.82) is 0 Å². The number of hydrogen-bond acceptors (Lipinski definition) is 5. The van der Waals surface area contributed by atoms with E-state index in [9.17, 15) is 4.79 Å². The minimum absolute atomic E-state index is 0.163. The molecule has 6 nitrogen and oxygen atoms in total. The Kier molecular flexibility index (Phi) is 5.88. The minimum Gasteiger partial charge on any atom is -0.419 e. The first-order chi connectivity index (χ1) is 14.4. The molecule has 1 amide bonds. The summed E-state index contributed by atoms with van der Waals surface area (Å²) >= 11 is 5.93. The molecule has 0 radical (unpaired) electrons. The molecule has 2 aromatic carbocycles. The summed E-state index contributed by atoms with van der Waals surface area (Å²) in [5, 5.41) is 8.98. The fourth-order valence-corrected chi connectivity index (χ4v) is 3.83. The molecule has 0 atom stereocenters. The van der Waals surface area contributed by atoms with Crippen molar-refractivity contribution in [2.45, 2.75) is 25.8 Å². The first-order valence-corrected chi connectivity index (χ1v) is 10.5. The molecule has 1 aromatic heterocycles. The predicted molar refractivity (Wildman–Crippen MR) is 116 cm³/mol. The molecule has 4 rings (SSSR count). The number of benzene rings is 2. The fourth-order valence-electron chi connectivity index (χ4n) is 3.70. The van der Waals surface area contributed by atoms with Gasteiger partial charge >= 0.3 is 0 Å². The second kappa shape index (κ2) is 8.58. The monoisotopic (exact) mass is 424 g/mol. The van der Waals surface area contributed by atoms with E-state index in [1.807, 2.05) is 61.2 Å². The van der Waals surface area contributed by atoms with Crippen LogP contribution in [0.3, 0.4) is 0 Å². The minimum atomic E-state index is -0.538.